The number of nitrogens with one attached hydrogen (secondary N) is 3. The molecule has 0 spiro atoms. The van der Waals surface area contributed by atoms with E-state index >= 15 is 0 Å². The summed E-state index contributed by atoms with van der Waals surface area (Å²) in [7, 11) is 0. The van der Waals surface area contributed by atoms with Crippen molar-refractivity contribution in [2.45, 2.75) is 50.4 Å². The van der Waals surface area contributed by atoms with Crippen LogP contribution in [0.15, 0.2) is 48.5 Å². The van der Waals surface area contributed by atoms with Crippen LogP contribution in [-0.4, -0.2) is 47.2 Å². The lowest BCUT2D eigenvalue weighted by molar-refractivity contribution is -0.136. The van der Waals surface area contributed by atoms with E-state index < -0.39 is 23.8 Å². The molecule has 1 unspecified atom stereocenters. The fourth-order valence-electron chi connectivity index (χ4n) is 5.03. The predicted molar refractivity (Wildman–Crippen MR) is 120 cm³/mol. The van der Waals surface area contributed by atoms with Gasteiger partial charge in [0, 0.05) is 25.0 Å². The molecule has 0 radical (unpaired) electrons. The lowest BCUT2D eigenvalue weighted by Crippen LogP contribution is -2.54. The van der Waals surface area contributed by atoms with E-state index in [-0.39, 0.29) is 30.8 Å². The summed E-state index contributed by atoms with van der Waals surface area (Å²) >= 11 is 0. The van der Waals surface area contributed by atoms with Crippen LogP contribution >= 0.6 is 0 Å². The van der Waals surface area contributed by atoms with E-state index in [1.165, 1.54) is 5.56 Å². The van der Waals surface area contributed by atoms with Gasteiger partial charge in [0.15, 0.2) is 0 Å². The van der Waals surface area contributed by atoms with Crippen LogP contribution in [0.5, 0.6) is 0 Å². The summed E-state index contributed by atoms with van der Waals surface area (Å²) in [4.78, 5) is 51.1. The molecule has 170 valence electrons. The topological polar surface area (TPSA) is 108 Å². The molecule has 2 aromatic rings. The fraction of sp³-hybridized carbons (Fsp3) is 0.360. The molecule has 8 nitrogen and oxygen atoms in total. The van der Waals surface area contributed by atoms with Crippen LogP contribution in [0.1, 0.15) is 63.6 Å². The second kappa shape index (κ2) is 8.88. The van der Waals surface area contributed by atoms with Gasteiger partial charge in [-0.1, -0.05) is 42.5 Å². The summed E-state index contributed by atoms with van der Waals surface area (Å²) in [5, 5.41) is 9.36. The maximum absolute atomic E-state index is 13.2. The molecule has 3 aliphatic heterocycles. The van der Waals surface area contributed by atoms with Gasteiger partial charge in [-0.15, -0.1) is 0 Å². The van der Waals surface area contributed by atoms with E-state index in [0.717, 1.165) is 29.8 Å². The predicted octanol–water partition coefficient (Wildman–Crippen LogP) is 1.67. The molecule has 33 heavy (non-hydrogen) atoms. The zero-order valence-corrected chi connectivity index (χ0v) is 18.2. The molecule has 5 rings (SSSR count). The van der Waals surface area contributed by atoms with Gasteiger partial charge in [-0.05, 0) is 43.0 Å². The monoisotopic (exact) mass is 446 g/mol. The molecular weight excluding hydrogens is 420 g/mol. The van der Waals surface area contributed by atoms with Gasteiger partial charge in [0.1, 0.15) is 6.04 Å². The minimum absolute atomic E-state index is 0.108. The Balaban J connectivity index is 1.30. The van der Waals surface area contributed by atoms with E-state index in [2.05, 4.69) is 28.1 Å². The Hall–Kier alpha value is -3.36. The molecule has 3 atom stereocenters. The first-order valence-corrected chi connectivity index (χ1v) is 11.4. The van der Waals surface area contributed by atoms with Crippen molar-refractivity contribution in [3.8, 4) is 0 Å². The number of benzene rings is 2. The number of hydrogen-bond acceptors (Lipinski definition) is 6. The van der Waals surface area contributed by atoms with Crippen LogP contribution in [0.4, 0.5) is 0 Å². The molecule has 3 aliphatic rings. The normalized spacial score (nSPS) is 25.2. The average molecular weight is 447 g/mol. The third-order valence-corrected chi connectivity index (χ3v) is 6.74. The second-order valence-corrected chi connectivity index (χ2v) is 8.81. The Bertz CT molecular complexity index is 1120. The lowest BCUT2D eigenvalue weighted by Gasteiger charge is -2.31. The molecule has 0 saturated carbocycles. The highest BCUT2D eigenvalue weighted by Gasteiger charge is 2.45. The molecule has 0 aromatic heterocycles. The highest BCUT2D eigenvalue weighted by atomic mass is 16.2. The lowest BCUT2D eigenvalue weighted by atomic mass is 9.93. The quantitative estimate of drug-likeness (QED) is 0.603. The third-order valence-electron chi connectivity index (χ3n) is 6.74. The van der Waals surface area contributed by atoms with Crippen molar-refractivity contribution in [2.24, 2.45) is 0 Å². The summed E-state index contributed by atoms with van der Waals surface area (Å²) in [6.45, 7) is 1.35. The molecule has 2 fully saturated rings. The zero-order chi connectivity index (χ0) is 22.9. The number of hydrogen-bond donors (Lipinski definition) is 3. The van der Waals surface area contributed by atoms with Crippen molar-refractivity contribution < 1.29 is 19.2 Å². The maximum Gasteiger partial charge on any atom is 0.262 e. The molecule has 2 aromatic carbocycles. The molecule has 3 N–H and O–H groups in total. The number of carbonyl (C=O) groups is 4. The van der Waals surface area contributed by atoms with Crippen molar-refractivity contribution in [1.29, 1.82) is 0 Å². The minimum Gasteiger partial charge on any atom is -0.310 e. The van der Waals surface area contributed by atoms with Gasteiger partial charge < -0.3 is 10.6 Å². The van der Waals surface area contributed by atoms with E-state index in [1.807, 2.05) is 24.3 Å². The fourth-order valence-corrected chi connectivity index (χ4v) is 5.03. The first-order valence-electron chi connectivity index (χ1n) is 11.4. The van der Waals surface area contributed by atoms with E-state index in [9.17, 15) is 19.2 Å². The van der Waals surface area contributed by atoms with Crippen LogP contribution in [0.2, 0.25) is 0 Å². The van der Waals surface area contributed by atoms with Gasteiger partial charge in [0.25, 0.3) is 11.8 Å². The molecule has 4 amide bonds. The standard InChI is InChI=1S/C25H26N4O4/c30-21-10-9-20(23(31)28-21)29-24(32)18-8-4-7-16(22(18)25(29)33)14-27-17-11-12-26-19(13-17)15-5-2-1-3-6-15/h1-8,17,19-20,26-27H,9-14H2,(H,28,30,31)/t17-,19-,20?/m1/s1. The largest absolute Gasteiger partial charge is 0.310 e. The van der Waals surface area contributed by atoms with Crippen LogP contribution < -0.4 is 16.0 Å². The first kappa shape index (κ1) is 21.5. The number of imide groups is 2. The number of nitrogens with zero attached hydrogens (tertiary/aromatic N) is 1. The Morgan fingerprint density at radius 1 is 0.939 bits per heavy atom. The molecule has 0 aliphatic carbocycles. The number of rotatable bonds is 5. The van der Waals surface area contributed by atoms with Crippen molar-refractivity contribution in [3.63, 3.8) is 0 Å². The zero-order valence-electron chi connectivity index (χ0n) is 18.2. The maximum atomic E-state index is 13.2. The molecular formula is C25H26N4O4. The molecule has 2 saturated heterocycles. The summed E-state index contributed by atoms with van der Waals surface area (Å²) in [5.74, 6) is -1.91. The Labute approximate surface area is 191 Å². The molecule has 0 bridgehead atoms. The Morgan fingerprint density at radius 2 is 1.76 bits per heavy atom. The number of carbonyl (C=O) groups excluding carboxylic acids is 4. The number of fused-ring (bicyclic) bond motifs is 1. The van der Waals surface area contributed by atoms with Crippen LogP contribution in [-0.2, 0) is 16.1 Å². The Kier molecular flexibility index (Phi) is 5.78. The second-order valence-electron chi connectivity index (χ2n) is 8.81. The van der Waals surface area contributed by atoms with Gasteiger partial charge in [-0.25, -0.2) is 0 Å². The highest BCUT2D eigenvalue weighted by molar-refractivity contribution is 6.24. The minimum atomic E-state index is -0.952. The van der Waals surface area contributed by atoms with Crippen molar-refractivity contribution >= 4 is 23.6 Å². The van der Waals surface area contributed by atoms with E-state index in [4.69, 9.17) is 0 Å². The van der Waals surface area contributed by atoms with Gasteiger partial charge in [0.2, 0.25) is 11.8 Å². The van der Waals surface area contributed by atoms with Crippen LogP contribution in [0.3, 0.4) is 0 Å². The average Bonchev–Trinajstić information content (AvgIpc) is 3.09. The molecule has 3 heterocycles. The SMILES string of the molecule is O=C1CCC(N2C(=O)c3cccc(CN[C@@H]4CCN[C@@H](c5ccccc5)C4)c3C2=O)C(=O)N1. The van der Waals surface area contributed by atoms with Crippen molar-refractivity contribution in [3.05, 3.63) is 70.8 Å². The summed E-state index contributed by atoms with van der Waals surface area (Å²) in [6, 6.07) is 15.2. The van der Waals surface area contributed by atoms with E-state index in [0.29, 0.717) is 17.7 Å². The summed E-state index contributed by atoms with van der Waals surface area (Å²) in [5.41, 5.74) is 2.67. The third kappa shape index (κ3) is 4.07. The van der Waals surface area contributed by atoms with Crippen LogP contribution in [0, 0.1) is 0 Å². The number of amides is 4. The van der Waals surface area contributed by atoms with Gasteiger partial charge >= 0.3 is 0 Å². The van der Waals surface area contributed by atoms with Crippen molar-refractivity contribution in [1.82, 2.24) is 20.9 Å². The highest BCUT2D eigenvalue weighted by Crippen LogP contribution is 2.30. The van der Waals surface area contributed by atoms with Gasteiger partial charge in [-0.3, -0.25) is 29.4 Å². The smallest absolute Gasteiger partial charge is 0.262 e. The summed E-state index contributed by atoms with van der Waals surface area (Å²) < 4.78 is 0. The number of piperidine rings is 2. The van der Waals surface area contributed by atoms with Crippen LogP contribution in [0.25, 0.3) is 0 Å². The molecule has 8 heteroatoms. The summed E-state index contributed by atoms with van der Waals surface area (Å²) in [6.07, 6.45) is 2.15. The van der Waals surface area contributed by atoms with Crippen molar-refractivity contribution in [2.75, 3.05) is 6.54 Å². The van der Waals surface area contributed by atoms with Gasteiger partial charge in [-0.2, -0.15) is 0 Å². The van der Waals surface area contributed by atoms with E-state index in [1.54, 1.807) is 12.1 Å². The van der Waals surface area contributed by atoms with Gasteiger partial charge in [0.05, 0.1) is 11.1 Å². The first-order chi connectivity index (χ1) is 16.0. The Morgan fingerprint density at radius 3 is 2.55 bits per heavy atom.